The van der Waals surface area contributed by atoms with Crippen LogP contribution in [0.4, 0.5) is 0 Å². The number of benzene rings is 1. The molecule has 0 radical (unpaired) electrons. The van der Waals surface area contributed by atoms with Crippen LogP contribution in [-0.4, -0.2) is 18.8 Å². The molecule has 0 bridgehead atoms. The van der Waals surface area contributed by atoms with E-state index in [1.54, 1.807) is 13.2 Å². The highest BCUT2D eigenvalue weighted by Crippen LogP contribution is 2.44. The fourth-order valence-corrected chi connectivity index (χ4v) is 3.13. The molecule has 1 aliphatic heterocycles. The van der Waals surface area contributed by atoms with Crippen LogP contribution < -0.4 is 10.1 Å². The molecule has 0 saturated carbocycles. The second kappa shape index (κ2) is 4.26. The third kappa shape index (κ3) is 1.80. The van der Waals surface area contributed by atoms with Crippen LogP contribution in [0.2, 0.25) is 0 Å². The van der Waals surface area contributed by atoms with Crippen LogP contribution in [-0.2, 0) is 5.54 Å². The molecule has 0 amide bonds. The van der Waals surface area contributed by atoms with Crippen molar-refractivity contribution in [1.29, 1.82) is 0 Å². The van der Waals surface area contributed by atoms with Gasteiger partial charge in [-0.3, -0.25) is 0 Å². The Balaban J connectivity index is 2.57. The molecule has 4 heteroatoms. The zero-order chi connectivity index (χ0) is 11.8. The predicted molar refractivity (Wildman–Crippen MR) is 66.9 cm³/mol. The lowest BCUT2D eigenvalue weighted by Crippen LogP contribution is -2.34. The lowest BCUT2D eigenvalue weighted by molar-refractivity contribution is 0.343. The van der Waals surface area contributed by atoms with Crippen molar-refractivity contribution < 1.29 is 9.84 Å². The summed E-state index contributed by atoms with van der Waals surface area (Å²) in [5, 5.41) is 13.3. The van der Waals surface area contributed by atoms with Crippen LogP contribution in [0.3, 0.4) is 0 Å². The number of phenols is 1. The highest BCUT2D eigenvalue weighted by atomic mass is 79.9. The minimum atomic E-state index is -0.122. The van der Waals surface area contributed by atoms with E-state index >= 15 is 0 Å². The molecule has 1 fully saturated rings. The highest BCUT2D eigenvalue weighted by molar-refractivity contribution is 9.10. The van der Waals surface area contributed by atoms with Crippen LogP contribution in [0.15, 0.2) is 16.6 Å². The number of ether oxygens (including phenoxy) is 1. The summed E-state index contributed by atoms with van der Waals surface area (Å²) >= 11 is 3.54. The molecule has 3 nitrogen and oxygen atoms in total. The number of hydrogen-bond donors (Lipinski definition) is 2. The molecule has 2 rings (SSSR count). The second-order valence-electron chi connectivity index (χ2n) is 4.34. The third-order valence-corrected chi connectivity index (χ3v) is 3.87. The summed E-state index contributed by atoms with van der Waals surface area (Å²) in [4.78, 5) is 0. The van der Waals surface area contributed by atoms with Crippen molar-refractivity contribution in [2.75, 3.05) is 13.7 Å². The van der Waals surface area contributed by atoms with Crippen molar-refractivity contribution >= 4 is 15.9 Å². The van der Waals surface area contributed by atoms with E-state index in [1.165, 1.54) is 0 Å². The smallest absolute Gasteiger partial charge is 0.166 e. The van der Waals surface area contributed by atoms with E-state index < -0.39 is 0 Å². The SMILES string of the molecule is COc1c(O)ccc(Br)c1C1(C)CCCN1. The van der Waals surface area contributed by atoms with Gasteiger partial charge in [0.15, 0.2) is 11.5 Å². The van der Waals surface area contributed by atoms with Gasteiger partial charge in [0, 0.05) is 15.6 Å². The maximum Gasteiger partial charge on any atom is 0.166 e. The van der Waals surface area contributed by atoms with Crippen LogP contribution in [0.5, 0.6) is 11.5 Å². The summed E-state index contributed by atoms with van der Waals surface area (Å²) in [7, 11) is 1.59. The van der Waals surface area contributed by atoms with Crippen molar-refractivity contribution in [3.05, 3.63) is 22.2 Å². The average Bonchev–Trinajstić information content (AvgIpc) is 2.69. The Morgan fingerprint density at radius 1 is 1.50 bits per heavy atom. The Bertz CT molecular complexity index is 400. The molecule has 0 spiro atoms. The summed E-state index contributed by atoms with van der Waals surface area (Å²) in [5.41, 5.74) is 0.885. The van der Waals surface area contributed by atoms with E-state index in [0.717, 1.165) is 29.4 Å². The number of phenolic OH excluding ortho intramolecular Hbond substituents is 1. The molecule has 1 aliphatic rings. The third-order valence-electron chi connectivity index (χ3n) is 3.21. The van der Waals surface area contributed by atoms with Crippen molar-refractivity contribution in [1.82, 2.24) is 5.32 Å². The van der Waals surface area contributed by atoms with Gasteiger partial charge in [-0.15, -0.1) is 0 Å². The molecule has 1 heterocycles. The molecule has 1 aromatic carbocycles. The molecule has 0 aliphatic carbocycles. The number of rotatable bonds is 2. The Morgan fingerprint density at radius 3 is 2.81 bits per heavy atom. The van der Waals surface area contributed by atoms with Gasteiger partial charge >= 0.3 is 0 Å². The van der Waals surface area contributed by atoms with Crippen LogP contribution in [0.1, 0.15) is 25.3 Å². The number of methoxy groups -OCH3 is 1. The number of hydrogen-bond acceptors (Lipinski definition) is 3. The fourth-order valence-electron chi connectivity index (χ4n) is 2.38. The van der Waals surface area contributed by atoms with Gasteiger partial charge in [-0.2, -0.15) is 0 Å². The van der Waals surface area contributed by atoms with Crippen LogP contribution in [0, 0.1) is 0 Å². The number of nitrogens with one attached hydrogen (secondary N) is 1. The van der Waals surface area contributed by atoms with Gasteiger partial charge in [-0.1, -0.05) is 15.9 Å². The lowest BCUT2D eigenvalue weighted by atomic mass is 9.89. The number of halogens is 1. The molecule has 1 atom stereocenters. The first-order chi connectivity index (χ1) is 7.58. The van der Waals surface area contributed by atoms with Crippen molar-refractivity contribution in [3.63, 3.8) is 0 Å². The van der Waals surface area contributed by atoms with Crippen LogP contribution >= 0.6 is 15.9 Å². The molecule has 1 aromatic rings. The van der Waals surface area contributed by atoms with Gasteiger partial charge < -0.3 is 15.2 Å². The molecule has 1 unspecified atom stereocenters. The Morgan fingerprint density at radius 2 is 2.25 bits per heavy atom. The first-order valence-electron chi connectivity index (χ1n) is 5.39. The summed E-state index contributed by atoms with van der Waals surface area (Å²) < 4.78 is 6.29. The topological polar surface area (TPSA) is 41.5 Å². The Hall–Kier alpha value is -0.740. The van der Waals surface area contributed by atoms with Gasteiger partial charge in [0.2, 0.25) is 0 Å². The van der Waals surface area contributed by atoms with Gasteiger partial charge in [-0.25, -0.2) is 0 Å². The summed E-state index contributed by atoms with van der Waals surface area (Å²) in [6.45, 7) is 3.14. The second-order valence-corrected chi connectivity index (χ2v) is 5.19. The quantitative estimate of drug-likeness (QED) is 0.878. The monoisotopic (exact) mass is 285 g/mol. The number of aromatic hydroxyl groups is 1. The van der Waals surface area contributed by atoms with Gasteiger partial charge in [0.1, 0.15) is 0 Å². The van der Waals surface area contributed by atoms with E-state index in [2.05, 4.69) is 28.2 Å². The van der Waals surface area contributed by atoms with Crippen molar-refractivity contribution in [2.24, 2.45) is 0 Å². The van der Waals surface area contributed by atoms with E-state index in [4.69, 9.17) is 4.74 Å². The van der Waals surface area contributed by atoms with E-state index in [9.17, 15) is 5.11 Å². The maximum atomic E-state index is 9.82. The average molecular weight is 286 g/mol. The zero-order valence-corrected chi connectivity index (χ0v) is 11.1. The van der Waals surface area contributed by atoms with Gasteiger partial charge in [-0.05, 0) is 38.4 Å². The normalized spacial score (nSPS) is 24.7. The minimum Gasteiger partial charge on any atom is -0.504 e. The Labute approximate surface area is 104 Å². The zero-order valence-electron chi connectivity index (χ0n) is 9.51. The van der Waals surface area contributed by atoms with Crippen molar-refractivity contribution in [2.45, 2.75) is 25.3 Å². The van der Waals surface area contributed by atoms with Gasteiger partial charge in [0.05, 0.1) is 7.11 Å². The highest BCUT2D eigenvalue weighted by Gasteiger charge is 2.35. The van der Waals surface area contributed by atoms with Gasteiger partial charge in [0.25, 0.3) is 0 Å². The molecular weight excluding hydrogens is 270 g/mol. The predicted octanol–water partition coefficient (Wildman–Crippen LogP) is 2.76. The van der Waals surface area contributed by atoms with E-state index in [-0.39, 0.29) is 11.3 Å². The standard InChI is InChI=1S/C12H16BrNO2/c1-12(6-3-7-14-12)10-8(13)4-5-9(15)11(10)16-2/h4-5,14-15H,3,6-7H2,1-2H3. The van der Waals surface area contributed by atoms with E-state index in [1.807, 2.05) is 6.07 Å². The van der Waals surface area contributed by atoms with Crippen molar-refractivity contribution in [3.8, 4) is 11.5 Å². The first kappa shape index (κ1) is 11.7. The fraction of sp³-hybridized carbons (Fsp3) is 0.500. The summed E-state index contributed by atoms with van der Waals surface area (Å²) in [6, 6.07) is 3.50. The molecular formula is C12H16BrNO2. The maximum absolute atomic E-state index is 9.82. The molecule has 88 valence electrons. The molecule has 2 N–H and O–H groups in total. The molecule has 1 saturated heterocycles. The largest absolute Gasteiger partial charge is 0.504 e. The lowest BCUT2D eigenvalue weighted by Gasteiger charge is -2.28. The summed E-state index contributed by atoms with van der Waals surface area (Å²) in [5.74, 6) is 0.752. The molecule has 0 aromatic heterocycles. The summed E-state index contributed by atoms with van der Waals surface area (Å²) in [6.07, 6.45) is 2.19. The molecule has 16 heavy (non-hydrogen) atoms. The Kier molecular flexibility index (Phi) is 3.13. The minimum absolute atomic E-state index is 0.122. The van der Waals surface area contributed by atoms with E-state index in [0.29, 0.717) is 5.75 Å². The first-order valence-corrected chi connectivity index (χ1v) is 6.19. The van der Waals surface area contributed by atoms with Crippen LogP contribution in [0.25, 0.3) is 0 Å².